The van der Waals surface area contributed by atoms with Crippen LogP contribution in [0.3, 0.4) is 0 Å². The molecule has 0 aliphatic carbocycles. The van der Waals surface area contributed by atoms with Gasteiger partial charge in [-0.25, -0.2) is 4.39 Å². The van der Waals surface area contributed by atoms with Gasteiger partial charge in [-0.1, -0.05) is 0 Å². The molecule has 1 N–H and O–H groups in total. The smallest absolute Gasteiger partial charge is 0.255 e. The number of nitrogens with one attached hydrogen (secondary N) is 1. The number of methoxy groups -OCH3 is 1. The summed E-state index contributed by atoms with van der Waals surface area (Å²) in [5.41, 5.74) is 1.63. The van der Waals surface area contributed by atoms with Crippen molar-refractivity contribution in [1.29, 1.82) is 0 Å². The number of carbonyl (C=O) groups is 1. The first-order chi connectivity index (χ1) is 9.49. The summed E-state index contributed by atoms with van der Waals surface area (Å²) in [6.45, 7) is 1.77. The second-order valence-corrected chi connectivity index (χ2v) is 5.18. The highest BCUT2D eigenvalue weighted by atomic mass is 79.9. The fraction of sp³-hybridized carbons (Fsp3) is 0.133. The average Bonchev–Trinajstić information content (AvgIpc) is 2.37. The number of ether oxygens (including phenoxy) is 1. The molecule has 5 heteroatoms. The van der Waals surface area contributed by atoms with Crippen LogP contribution >= 0.6 is 15.9 Å². The molecule has 0 aromatic heterocycles. The van der Waals surface area contributed by atoms with E-state index in [9.17, 15) is 9.18 Å². The van der Waals surface area contributed by atoms with E-state index in [4.69, 9.17) is 4.74 Å². The van der Waals surface area contributed by atoms with Crippen LogP contribution in [0.2, 0.25) is 0 Å². The van der Waals surface area contributed by atoms with E-state index in [1.165, 1.54) is 12.1 Å². The van der Waals surface area contributed by atoms with E-state index in [-0.39, 0.29) is 11.7 Å². The third-order valence-electron chi connectivity index (χ3n) is 2.71. The average molecular weight is 338 g/mol. The maximum Gasteiger partial charge on any atom is 0.255 e. The second kappa shape index (κ2) is 6.05. The lowest BCUT2D eigenvalue weighted by Crippen LogP contribution is -2.12. The topological polar surface area (TPSA) is 38.3 Å². The fourth-order valence-electron chi connectivity index (χ4n) is 1.82. The van der Waals surface area contributed by atoms with Gasteiger partial charge in [-0.05, 0) is 64.8 Å². The van der Waals surface area contributed by atoms with Gasteiger partial charge in [0.15, 0.2) is 0 Å². The Morgan fingerprint density at radius 1 is 1.25 bits per heavy atom. The highest BCUT2D eigenvalue weighted by Crippen LogP contribution is 2.26. The number of rotatable bonds is 3. The Labute approximate surface area is 124 Å². The standard InChI is InChI=1S/C15H13BrFNO2/c1-9-5-11(17)8-12(6-9)18-15(19)10-3-4-14(20-2)13(16)7-10/h3-8H,1-2H3,(H,18,19). The number of anilines is 1. The predicted molar refractivity (Wildman–Crippen MR) is 79.8 cm³/mol. The molecule has 0 spiro atoms. The number of halogens is 2. The summed E-state index contributed by atoms with van der Waals surface area (Å²) in [4.78, 5) is 12.1. The second-order valence-electron chi connectivity index (χ2n) is 4.32. The lowest BCUT2D eigenvalue weighted by atomic mass is 10.1. The molecule has 0 atom stereocenters. The Kier molecular flexibility index (Phi) is 4.39. The van der Waals surface area contributed by atoms with Crippen molar-refractivity contribution < 1.29 is 13.9 Å². The molecule has 1 amide bonds. The molecule has 20 heavy (non-hydrogen) atoms. The Balaban J connectivity index is 2.21. The lowest BCUT2D eigenvalue weighted by Gasteiger charge is -2.08. The molecular weight excluding hydrogens is 325 g/mol. The van der Waals surface area contributed by atoms with Gasteiger partial charge in [0.05, 0.1) is 11.6 Å². The molecule has 104 valence electrons. The van der Waals surface area contributed by atoms with E-state index < -0.39 is 0 Å². The fourth-order valence-corrected chi connectivity index (χ4v) is 2.36. The van der Waals surface area contributed by atoms with Crippen molar-refractivity contribution in [2.24, 2.45) is 0 Å². The van der Waals surface area contributed by atoms with Gasteiger partial charge in [-0.3, -0.25) is 4.79 Å². The van der Waals surface area contributed by atoms with Crippen LogP contribution in [-0.4, -0.2) is 13.0 Å². The van der Waals surface area contributed by atoms with Gasteiger partial charge < -0.3 is 10.1 Å². The molecule has 0 heterocycles. The summed E-state index contributed by atoms with van der Waals surface area (Å²) in [5, 5.41) is 2.66. The van der Waals surface area contributed by atoms with Gasteiger partial charge in [-0.15, -0.1) is 0 Å². The minimum Gasteiger partial charge on any atom is -0.496 e. The van der Waals surface area contributed by atoms with Crippen molar-refractivity contribution in [3.63, 3.8) is 0 Å². The molecular formula is C15H13BrFNO2. The maximum atomic E-state index is 13.3. The third kappa shape index (κ3) is 3.36. The summed E-state index contributed by atoms with van der Waals surface area (Å²) < 4.78 is 19.1. The van der Waals surface area contributed by atoms with Gasteiger partial charge >= 0.3 is 0 Å². The summed E-state index contributed by atoms with van der Waals surface area (Å²) in [5.74, 6) is -0.0438. The number of amides is 1. The molecule has 2 rings (SSSR count). The number of aryl methyl sites for hydroxylation is 1. The van der Waals surface area contributed by atoms with Crippen molar-refractivity contribution in [2.45, 2.75) is 6.92 Å². The maximum absolute atomic E-state index is 13.3. The van der Waals surface area contributed by atoms with Gasteiger partial charge in [0.25, 0.3) is 5.91 Å². The van der Waals surface area contributed by atoms with Crippen molar-refractivity contribution in [3.05, 3.63) is 57.8 Å². The van der Waals surface area contributed by atoms with Crippen molar-refractivity contribution >= 4 is 27.5 Å². The Morgan fingerprint density at radius 3 is 2.60 bits per heavy atom. The molecule has 0 bridgehead atoms. The van der Waals surface area contributed by atoms with E-state index in [0.29, 0.717) is 21.5 Å². The van der Waals surface area contributed by atoms with E-state index in [1.54, 1.807) is 38.3 Å². The van der Waals surface area contributed by atoms with Crippen LogP contribution < -0.4 is 10.1 Å². The highest BCUT2D eigenvalue weighted by molar-refractivity contribution is 9.10. The zero-order valence-electron chi connectivity index (χ0n) is 11.0. The molecule has 0 saturated heterocycles. The molecule has 2 aromatic carbocycles. The monoisotopic (exact) mass is 337 g/mol. The van der Waals surface area contributed by atoms with Crippen molar-refractivity contribution in [1.82, 2.24) is 0 Å². The van der Waals surface area contributed by atoms with Crippen molar-refractivity contribution in [3.8, 4) is 5.75 Å². The van der Waals surface area contributed by atoms with E-state index in [0.717, 1.165) is 5.56 Å². The van der Waals surface area contributed by atoms with E-state index in [1.807, 2.05) is 0 Å². The zero-order chi connectivity index (χ0) is 14.7. The zero-order valence-corrected chi connectivity index (χ0v) is 12.6. The van der Waals surface area contributed by atoms with Gasteiger partial charge in [0.2, 0.25) is 0 Å². The van der Waals surface area contributed by atoms with Crippen LogP contribution in [0, 0.1) is 12.7 Å². The predicted octanol–water partition coefficient (Wildman–Crippen LogP) is 4.16. The van der Waals surface area contributed by atoms with Gasteiger partial charge in [0, 0.05) is 11.3 Å². The summed E-state index contributed by atoms with van der Waals surface area (Å²) >= 11 is 3.32. The molecule has 0 fully saturated rings. The SMILES string of the molecule is COc1ccc(C(=O)Nc2cc(C)cc(F)c2)cc1Br. The molecule has 0 aliphatic rings. The molecule has 0 aliphatic heterocycles. The highest BCUT2D eigenvalue weighted by Gasteiger charge is 2.10. The van der Waals surface area contributed by atoms with Gasteiger partial charge in [-0.2, -0.15) is 0 Å². The van der Waals surface area contributed by atoms with E-state index in [2.05, 4.69) is 21.2 Å². The number of hydrogen-bond acceptors (Lipinski definition) is 2. The van der Waals surface area contributed by atoms with Crippen LogP contribution in [-0.2, 0) is 0 Å². The van der Waals surface area contributed by atoms with Crippen molar-refractivity contribution in [2.75, 3.05) is 12.4 Å². The van der Waals surface area contributed by atoms with Crippen LogP contribution in [0.15, 0.2) is 40.9 Å². The first-order valence-electron chi connectivity index (χ1n) is 5.91. The first kappa shape index (κ1) is 14.5. The largest absolute Gasteiger partial charge is 0.496 e. The first-order valence-corrected chi connectivity index (χ1v) is 6.71. The molecule has 3 nitrogen and oxygen atoms in total. The Hall–Kier alpha value is -1.88. The number of hydrogen-bond donors (Lipinski definition) is 1. The van der Waals surface area contributed by atoms with Crippen LogP contribution in [0.4, 0.5) is 10.1 Å². The van der Waals surface area contributed by atoms with E-state index >= 15 is 0 Å². The third-order valence-corrected chi connectivity index (χ3v) is 3.33. The Bertz CT molecular complexity index is 638. The minimum absolute atomic E-state index is 0.307. The normalized spacial score (nSPS) is 10.2. The van der Waals surface area contributed by atoms with Gasteiger partial charge in [0.1, 0.15) is 11.6 Å². The lowest BCUT2D eigenvalue weighted by molar-refractivity contribution is 0.102. The molecule has 2 aromatic rings. The summed E-state index contributed by atoms with van der Waals surface area (Å²) in [6.07, 6.45) is 0. The summed E-state index contributed by atoms with van der Waals surface area (Å²) in [6, 6.07) is 9.38. The molecule has 0 unspecified atom stereocenters. The molecule has 0 saturated carbocycles. The van der Waals surface area contributed by atoms with Crippen LogP contribution in [0.1, 0.15) is 15.9 Å². The number of carbonyl (C=O) groups excluding carboxylic acids is 1. The quantitative estimate of drug-likeness (QED) is 0.913. The summed E-state index contributed by atoms with van der Waals surface area (Å²) in [7, 11) is 1.55. The number of benzene rings is 2. The van der Waals surface area contributed by atoms with Crippen LogP contribution in [0.5, 0.6) is 5.75 Å². The molecule has 0 radical (unpaired) electrons. The Morgan fingerprint density at radius 2 is 2.00 bits per heavy atom. The van der Waals surface area contributed by atoms with Crippen LogP contribution in [0.25, 0.3) is 0 Å². The minimum atomic E-state index is -0.379.